The van der Waals surface area contributed by atoms with Gasteiger partial charge in [-0.2, -0.15) is 0 Å². The molecule has 1 saturated heterocycles. The standard InChI is InChI=1S/C21H18F2N2O/c22-17-7-3-8-18(23)21(17)19-9-4-10-25(19)20(26)11-15-13-24-12-14-5-1-2-6-16(14)15/h1-3,5-8,12-13,19H,4,9-11H2. The zero-order chi connectivity index (χ0) is 18.1. The van der Waals surface area contributed by atoms with Gasteiger partial charge in [0.2, 0.25) is 5.91 Å². The first-order valence-electron chi connectivity index (χ1n) is 8.70. The van der Waals surface area contributed by atoms with Crippen molar-refractivity contribution < 1.29 is 13.6 Å². The second kappa shape index (κ2) is 6.83. The minimum Gasteiger partial charge on any atom is -0.335 e. The Morgan fingerprint density at radius 1 is 1.08 bits per heavy atom. The molecule has 0 radical (unpaired) electrons. The Balaban J connectivity index is 1.63. The normalized spacial score (nSPS) is 17.0. The number of benzene rings is 2. The number of carbonyl (C=O) groups is 1. The van der Waals surface area contributed by atoms with Gasteiger partial charge in [0.25, 0.3) is 0 Å². The van der Waals surface area contributed by atoms with Gasteiger partial charge in [0.05, 0.1) is 12.5 Å². The quantitative estimate of drug-likeness (QED) is 0.699. The average molecular weight is 352 g/mol. The summed E-state index contributed by atoms with van der Waals surface area (Å²) in [5, 5.41) is 1.94. The molecule has 3 nitrogen and oxygen atoms in total. The van der Waals surface area contributed by atoms with E-state index < -0.39 is 17.7 Å². The third-order valence-electron chi connectivity index (χ3n) is 5.00. The predicted molar refractivity (Wildman–Crippen MR) is 95.5 cm³/mol. The number of likely N-dealkylation sites (tertiary alicyclic amines) is 1. The van der Waals surface area contributed by atoms with Crippen molar-refractivity contribution in [2.45, 2.75) is 25.3 Å². The van der Waals surface area contributed by atoms with E-state index in [0.717, 1.165) is 22.8 Å². The van der Waals surface area contributed by atoms with Crippen LogP contribution >= 0.6 is 0 Å². The van der Waals surface area contributed by atoms with Crippen LogP contribution in [0.1, 0.15) is 30.0 Å². The monoisotopic (exact) mass is 352 g/mol. The molecule has 0 spiro atoms. The number of fused-ring (bicyclic) bond motifs is 1. The second-order valence-corrected chi connectivity index (χ2v) is 6.58. The van der Waals surface area contributed by atoms with Crippen LogP contribution in [0.4, 0.5) is 8.78 Å². The molecule has 0 saturated carbocycles. The summed E-state index contributed by atoms with van der Waals surface area (Å²) in [7, 11) is 0. The summed E-state index contributed by atoms with van der Waals surface area (Å²) in [6.45, 7) is 0.509. The van der Waals surface area contributed by atoms with Gasteiger partial charge in [-0.3, -0.25) is 9.78 Å². The molecular formula is C21H18F2N2O. The zero-order valence-corrected chi connectivity index (χ0v) is 14.2. The van der Waals surface area contributed by atoms with E-state index >= 15 is 0 Å². The smallest absolute Gasteiger partial charge is 0.227 e. The highest BCUT2D eigenvalue weighted by atomic mass is 19.1. The summed E-state index contributed by atoms with van der Waals surface area (Å²) in [5.74, 6) is -1.32. The predicted octanol–water partition coefficient (Wildman–Crippen LogP) is 4.42. The zero-order valence-electron chi connectivity index (χ0n) is 14.2. The fourth-order valence-electron chi connectivity index (χ4n) is 3.78. The van der Waals surface area contributed by atoms with E-state index in [-0.39, 0.29) is 17.9 Å². The molecule has 1 fully saturated rings. The Morgan fingerprint density at radius 3 is 2.65 bits per heavy atom. The second-order valence-electron chi connectivity index (χ2n) is 6.58. The molecule has 2 aromatic carbocycles. The number of rotatable bonds is 3. The van der Waals surface area contributed by atoms with Crippen LogP contribution in [0.25, 0.3) is 10.8 Å². The van der Waals surface area contributed by atoms with Gasteiger partial charge in [-0.15, -0.1) is 0 Å². The minimum atomic E-state index is -0.596. The molecule has 1 amide bonds. The van der Waals surface area contributed by atoms with Crippen LogP contribution in [0.5, 0.6) is 0 Å². The molecule has 0 N–H and O–H groups in total. The Morgan fingerprint density at radius 2 is 1.85 bits per heavy atom. The van der Waals surface area contributed by atoms with Gasteiger partial charge in [-0.1, -0.05) is 30.3 Å². The largest absolute Gasteiger partial charge is 0.335 e. The third kappa shape index (κ3) is 2.94. The van der Waals surface area contributed by atoms with Gasteiger partial charge >= 0.3 is 0 Å². The van der Waals surface area contributed by atoms with Gasteiger partial charge in [-0.05, 0) is 35.9 Å². The number of amides is 1. The third-order valence-corrected chi connectivity index (χ3v) is 5.00. The molecule has 2 heterocycles. The van der Waals surface area contributed by atoms with Crippen LogP contribution < -0.4 is 0 Å². The van der Waals surface area contributed by atoms with Crippen LogP contribution in [-0.4, -0.2) is 22.3 Å². The Labute approximate surface area is 150 Å². The number of pyridine rings is 1. The first-order valence-corrected chi connectivity index (χ1v) is 8.70. The highest BCUT2D eigenvalue weighted by Gasteiger charge is 2.33. The van der Waals surface area contributed by atoms with Crippen LogP contribution in [0.15, 0.2) is 54.9 Å². The Kier molecular flexibility index (Phi) is 4.37. The topological polar surface area (TPSA) is 33.2 Å². The van der Waals surface area contributed by atoms with Crippen molar-refractivity contribution in [3.8, 4) is 0 Å². The van der Waals surface area contributed by atoms with E-state index in [1.165, 1.54) is 18.2 Å². The first-order chi connectivity index (χ1) is 12.6. The summed E-state index contributed by atoms with van der Waals surface area (Å²) < 4.78 is 28.4. The Bertz CT molecular complexity index is 948. The summed E-state index contributed by atoms with van der Waals surface area (Å²) in [5.41, 5.74) is 0.821. The molecule has 0 bridgehead atoms. The van der Waals surface area contributed by atoms with Crippen molar-refractivity contribution in [1.82, 2.24) is 9.88 Å². The number of nitrogens with zero attached hydrogens (tertiary/aromatic N) is 2. The van der Waals surface area contributed by atoms with Crippen molar-refractivity contribution in [3.05, 3.63) is 77.6 Å². The number of hydrogen-bond acceptors (Lipinski definition) is 2. The lowest BCUT2D eigenvalue weighted by Gasteiger charge is -2.26. The Hall–Kier alpha value is -2.82. The van der Waals surface area contributed by atoms with E-state index in [1.54, 1.807) is 17.3 Å². The van der Waals surface area contributed by atoms with Crippen molar-refractivity contribution >= 4 is 16.7 Å². The number of hydrogen-bond donors (Lipinski definition) is 0. The fraction of sp³-hybridized carbons (Fsp3) is 0.238. The lowest BCUT2D eigenvalue weighted by atomic mass is 10.0. The minimum absolute atomic E-state index is 0.00519. The maximum atomic E-state index is 14.2. The summed E-state index contributed by atoms with van der Waals surface area (Å²) in [6, 6.07) is 11.0. The molecule has 132 valence electrons. The van der Waals surface area contributed by atoms with Gasteiger partial charge in [0.15, 0.2) is 0 Å². The SMILES string of the molecule is O=C(Cc1cncc2ccccc12)N1CCCC1c1c(F)cccc1F. The number of halogens is 2. The molecular weight excluding hydrogens is 334 g/mol. The van der Waals surface area contributed by atoms with Crippen molar-refractivity contribution in [2.75, 3.05) is 6.54 Å². The molecule has 3 aromatic rings. The molecule has 1 aliphatic heterocycles. The van der Waals surface area contributed by atoms with Gasteiger partial charge in [-0.25, -0.2) is 8.78 Å². The molecule has 1 aromatic heterocycles. The molecule has 1 atom stereocenters. The summed E-state index contributed by atoms with van der Waals surface area (Å²) >= 11 is 0. The lowest BCUT2D eigenvalue weighted by Crippen LogP contribution is -2.32. The molecule has 5 heteroatoms. The average Bonchev–Trinajstić information content (AvgIpc) is 3.11. The molecule has 1 aliphatic rings. The van der Waals surface area contributed by atoms with Gasteiger partial charge in [0, 0.05) is 29.9 Å². The van der Waals surface area contributed by atoms with Crippen molar-refractivity contribution in [2.24, 2.45) is 0 Å². The highest BCUT2D eigenvalue weighted by Crippen LogP contribution is 2.35. The van der Waals surface area contributed by atoms with E-state index in [4.69, 9.17) is 0 Å². The maximum absolute atomic E-state index is 14.2. The van der Waals surface area contributed by atoms with Crippen molar-refractivity contribution in [1.29, 1.82) is 0 Å². The first kappa shape index (κ1) is 16.6. The highest BCUT2D eigenvalue weighted by molar-refractivity contribution is 5.89. The van der Waals surface area contributed by atoms with Crippen molar-refractivity contribution in [3.63, 3.8) is 0 Å². The van der Waals surface area contributed by atoms with Crippen LogP contribution in [-0.2, 0) is 11.2 Å². The lowest BCUT2D eigenvalue weighted by molar-refractivity contribution is -0.131. The van der Waals surface area contributed by atoms with E-state index in [9.17, 15) is 13.6 Å². The van der Waals surface area contributed by atoms with E-state index in [1.807, 2.05) is 24.3 Å². The van der Waals surface area contributed by atoms with Gasteiger partial charge < -0.3 is 4.90 Å². The maximum Gasteiger partial charge on any atom is 0.227 e. The molecule has 4 rings (SSSR count). The molecule has 26 heavy (non-hydrogen) atoms. The van der Waals surface area contributed by atoms with Crippen LogP contribution in [0.3, 0.4) is 0 Å². The summed E-state index contributed by atoms with van der Waals surface area (Å²) in [4.78, 5) is 18.7. The van der Waals surface area contributed by atoms with Gasteiger partial charge in [0.1, 0.15) is 11.6 Å². The van der Waals surface area contributed by atoms with E-state index in [2.05, 4.69) is 4.98 Å². The number of carbonyl (C=O) groups excluding carboxylic acids is 1. The van der Waals surface area contributed by atoms with E-state index in [0.29, 0.717) is 13.0 Å². The van der Waals surface area contributed by atoms with Crippen LogP contribution in [0, 0.1) is 11.6 Å². The molecule has 1 unspecified atom stereocenters. The summed E-state index contributed by atoms with van der Waals surface area (Å²) in [6.07, 6.45) is 4.92. The molecule has 0 aliphatic carbocycles. The fourth-order valence-corrected chi connectivity index (χ4v) is 3.78. The van der Waals surface area contributed by atoms with Crippen LogP contribution in [0.2, 0.25) is 0 Å². The number of aromatic nitrogens is 1.